The molecule has 1 amide bonds. The summed E-state index contributed by atoms with van der Waals surface area (Å²) < 4.78 is 7.49. The molecule has 1 unspecified atom stereocenters. The number of hydrogen-bond acceptors (Lipinski definition) is 5. The quantitative estimate of drug-likeness (QED) is 0.136. The summed E-state index contributed by atoms with van der Waals surface area (Å²) in [4.78, 5) is 26.2. The molecular formula is C36H48N2O5. The fourth-order valence-corrected chi connectivity index (χ4v) is 5.35. The number of ether oxygens (including phenoxy) is 1. The van der Waals surface area contributed by atoms with E-state index in [9.17, 15) is 19.8 Å². The molecule has 0 spiro atoms. The van der Waals surface area contributed by atoms with Crippen LogP contribution in [0.3, 0.4) is 0 Å². The Morgan fingerprint density at radius 2 is 1.58 bits per heavy atom. The first-order chi connectivity index (χ1) is 20.4. The number of hydrogen-bond donors (Lipinski definition) is 3. The molecule has 0 aliphatic heterocycles. The van der Waals surface area contributed by atoms with Crippen molar-refractivity contribution in [3.05, 3.63) is 89.8 Å². The third kappa shape index (κ3) is 9.94. The van der Waals surface area contributed by atoms with E-state index in [1.807, 2.05) is 60.7 Å². The van der Waals surface area contributed by atoms with Gasteiger partial charge in [-0.3, -0.25) is 9.59 Å². The summed E-state index contributed by atoms with van der Waals surface area (Å²) in [6, 6.07) is 19.4. The van der Waals surface area contributed by atoms with Crippen LogP contribution in [-0.2, 0) is 22.5 Å². The summed E-state index contributed by atoms with van der Waals surface area (Å²) in [6.07, 6.45) is 4.12. The number of anilines is 1. The van der Waals surface area contributed by atoms with E-state index >= 15 is 0 Å². The predicted octanol–water partition coefficient (Wildman–Crippen LogP) is 7.27. The minimum absolute atomic E-state index is 0.0118. The summed E-state index contributed by atoms with van der Waals surface area (Å²) in [6.45, 7) is 12.0. The molecule has 232 valence electrons. The Kier molecular flexibility index (Phi) is 12.3. The van der Waals surface area contributed by atoms with Crippen molar-refractivity contribution >= 4 is 17.6 Å². The number of allylic oxidation sites excluding steroid dienone is 2. The van der Waals surface area contributed by atoms with Crippen LogP contribution in [0.4, 0.5) is 5.69 Å². The lowest BCUT2D eigenvalue weighted by atomic mass is 9.95. The minimum Gasteiger partial charge on any atom is -0.460 e. The first kappa shape index (κ1) is 33.8. The van der Waals surface area contributed by atoms with Crippen molar-refractivity contribution in [3.63, 3.8) is 0 Å². The van der Waals surface area contributed by atoms with Gasteiger partial charge in [0.2, 0.25) is 0 Å². The molecule has 3 aromatic rings. The number of rotatable bonds is 14. The molecule has 0 saturated heterocycles. The third-order valence-electron chi connectivity index (χ3n) is 7.05. The maximum atomic E-state index is 14.0. The van der Waals surface area contributed by atoms with E-state index < -0.39 is 23.8 Å². The second-order valence-corrected chi connectivity index (χ2v) is 12.3. The lowest BCUT2D eigenvalue weighted by Gasteiger charge is -2.22. The van der Waals surface area contributed by atoms with Gasteiger partial charge in [-0.15, -0.1) is 0 Å². The van der Waals surface area contributed by atoms with Crippen LogP contribution in [0, 0.1) is 0 Å². The molecule has 0 aliphatic rings. The number of aliphatic hydroxyl groups is 2. The number of benzene rings is 2. The SMILES string of the molecule is CC/C=C\Cc1c(-c2ccccc2)c(C(=O)Nc2ccccc2)c(C(C)C)n1CC[C@@H](O)CC(O)CC(=O)OC(C)(C)C. The summed E-state index contributed by atoms with van der Waals surface area (Å²) in [5.74, 6) is -0.661. The highest BCUT2D eigenvalue weighted by atomic mass is 16.6. The van der Waals surface area contributed by atoms with Crippen LogP contribution in [-0.4, -0.2) is 44.5 Å². The monoisotopic (exact) mass is 588 g/mol. The Labute approximate surface area is 256 Å². The zero-order valence-corrected chi connectivity index (χ0v) is 26.5. The molecule has 0 radical (unpaired) electrons. The van der Waals surface area contributed by atoms with Crippen LogP contribution >= 0.6 is 0 Å². The average molecular weight is 589 g/mol. The molecule has 0 fully saturated rings. The average Bonchev–Trinajstić information content (AvgIpc) is 3.26. The van der Waals surface area contributed by atoms with Gasteiger partial charge in [0, 0.05) is 35.6 Å². The van der Waals surface area contributed by atoms with Crippen molar-refractivity contribution in [2.75, 3.05) is 5.32 Å². The summed E-state index contributed by atoms with van der Waals surface area (Å²) in [7, 11) is 0. The molecule has 7 nitrogen and oxygen atoms in total. The Hall–Kier alpha value is -3.68. The highest BCUT2D eigenvalue weighted by Crippen LogP contribution is 2.38. The summed E-state index contributed by atoms with van der Waals surface area (Å²) >= 11 is 0. The van der Waals surface area contributed by atoms with Crippen LogP contribution in [0.2, 0.25) is 0 Å². The summed E-state index contributed by atoms with van der Waals surface area (Å²) in [5, 5.41) is 24.5. The van der Waals surface area contributed by atoms with E-state index in [4.69, 9.17) is 4.74 Å². The number of amides is 1. The number of aliphatic hydroxyl groups excluding tert-OH is 2. The van der Waals surface area contributed by atoms with Crippen molar-refractivity contribution < 1.29 is 24.5 Å². The number of carbonyl (C=O) groups excluding carboxylic acids is 2. The maximum absolute atomic E-state index is 14.0. The van der Waals surface area contributed by atoms with Gasteiger partial charge < -0.3 is 24.8 Å². The fourth-order valence-electron chi connectivity index (χ4n) is 5.35. The molecule has 2 atom stereocenters. The normalized spacial score (nSPS) is 13.3. The third-order valence-corrected chi connectivity index (χ3v) is 7.05. The van der Waals surface area contributed by atoms with Gasteiger partial charge in [0.1, 0.15) is 5.60 Å². The van der Waals surface area contributed by atoms with E-state index in [1.165, 1.54) is 0 Å². The Balaban J connectivity index is 2.01. The number of nitrogens with zero attached hydrogens (tertiary/aromatic N) is 1. The second-order valence-electron chi connectivity index (χ2n) is 12.3. The van der Waals surface area contributed by atoms with Crippen molar-refractivity contribution in [3.8, 4) is 11.1 Å². The molecule has 1 aromatic heterocycles. The predicted molar refractivity (Wildman–Crippen MR) is 173 cm³/mol. The molecule has 2 aromatic carbocycles. The van der Waals surface area contributed by atoms with Crippen molar-refractivity contribution in [2.45, 2.75) is 104 Å². The van der Waals surface area contributed by atoms with E-state index in [1.54, 1.807) is 20.8 Å². The summed E-state index contributed by atoms with van der Waals surface area (Å²) in [5.41, 5.74) is 4.45. The molecule has 7 heteroatoms. The van der Waals surface area contributed by atoms with E-state index in [0.717, 1.165) is 34.6 Å². The molecular weight excluding hydrogens is 540 g/mol. The number of esters is 1. The largest absolute Gasteiger partial charge is 0.460 e. The van der Waals surface area contributed by atoms with E-state index in [2.05, 4.69) is 42.8 Å². The zero-order valence-electron chi connectivity index (χ0n) is 26.5. The minimum atomic E-state index is -1.02. The number of nitrogens with one attached hydrogen (secondary N) is 1. The standard InChI is InChI=1S/C36H48N2O5/c1-7-8-11-20-30-32(26-16-12-9-13-17-26)33(35(42)37-27-18-14-10-15-19-27)34(25(2)3)38(30)22-21-28(39)23-29(40)24-31(41)43-36(4,5)6/h8-19,25,28-29,39-40H,7,20-24H2,1-6H3,(H,37,42)/b11-8-/t28-,29?/m1/s1. The Morgan fingerprint density at radius 3 is 2.16 bits per heavy atom. The maximum Gasteiger partial charge on any atom is 0.308 e. The molecule has 0 saturated carbocycles. The van der Waals surface area contributed by atoms with Crippen LogP contribution in [0.25, 0.3) is 11.1 Å². The van der Waals surface area contributed by atoms with Gasteiger partial charge in [-0.05, 0) is 63.6 Å². The number of aromatic nitrogens is 1. The number of para-hydroxylation sites is 1. The van der Waals surface area contributed by atoms with Crippen LogP contribution in [0.5, 0.6) is 0 Å². The second kappa shape index (κ2) is 15.7. The van der Waals surface area contributed by atoms with Crippen LogP contribution in [0.1, 0.15) is 94.9 Å². The Morgan fingerprint density at radius 1 is 0.953 bits per heavy atom. The molecule has 3 N–H and O–H groups in total. The van der Waals surface area contributed by atoms with Crippen LogP contribution in [0.15, 0.2) is 72.8 Å². The molecule has 3 rings (SSSR count). The molecule has 0 aliphatic carbocycles. The van der Waals surface area contributed by atoms with Crippen molar-refractivity contribution in [2.24, 2.45) is 0 Å². The highest BCUT2D eigenvalue weighted by Gasteiger charge is 2.30. The molecule has 1 heterocycles. The van der Waals surface area contributed by atoms with Gasteiger partial charge in [0.25, 0.3) is 5.91 Å². The zero-order chi connectivity index (χ0) is 31.6. The van der Waals surface area contributed by atoms with Gasteiger partial charge in [0.15, 0.2) is 0 Å². The fraction of sp³-hybridized carbons (Fsp3) is 0.444. The Bertz CT molecular complexity index is 1350. The van der Waals surface area contributed by atoms with E-state index in [-0.39, 0.29) is 24.7 Å². The van der Waals surface area contributed by atoms with Gasteiger partial charge in [-0.1, -0.05) is 81.5 Å². The van der Waals surface area contributed by atoms with E-state index in [0.29, 0.717) is 24.9 Å². The van der Waals surface area contributed by atoms with Crippen LogP contribution < -0.4 is 5.32 Å². The topological polar surface area (TPSA) is 101 Å². The van der Waals surface area contributed by atoms with Gasteiger partial charge in [-0.2, -0.15) is 0 Å². The van der Waals surface area contributed by atoms with Gasteiger partial charge in [-0.25, -0.2) is 0 Å². The first-order valence-electron chi connectivity index (χ1n) is 15.3. The van der Waals surface area contributed by atoms with Crippen molar-refractivity contribution in [1.29, 1.82) is 0 Å². The molecule has 43 heavy (non-hydrogen) atoms. The van der Waals surface area contributed by atoms with Crippen molar-refractivity contribution in [1.82, 2.24) is 4.57 Å². The lowest BCUT2D eigenvalue weighted by Crippen LogP contribution is -2.28. The lowest BCUT2D eigenvalue weighted by molar-refractivity contribution is -0.157. The molecule has 0 bridgehead atoms. The van der Waals surface area contributed by atoms with Gasteiger partial charge >= 0.3 is 5.97 Å². The number of carbonyl (C=O) groups is 2. The first-order valence-corrected chi connectivity index (χ1v) is 15.3. The smallest absolute Gasteiger partial charge is 0.308 e. The van der Waals surface area contributed by atoms with Gasteiger partial charge in [0.05, 0.1) is 24.2 Å². The highest BCUT2D eigenvalue weighted by molar-refractivity contribution is 6.10.